The molecule has 456 valence electrons. The van der Waals surface area contributed by atoms with Crippen LogP contribution < -0.4 is 0 Å². The summed E-state index contributed by atoms with van der Waals surface area (Å²) in [6, 6.07) is 0. The van der Waals surface area contributed by atoms with Crippen LogP contribution in [0.4, 0.5) is 0 Å². The van der Waals surface area contributed by atoms with Gasteiger partial charge in [-0.1, -0.05) is 13.8 Å². The van der Waals surface area contributed by atoms with Crippen LogP contribution in [0, 0.1) is 11.8 Å². The second-order valence-corrected chi connectivity index (χ2v) is 20.7. The minimum Gasteiger partial charge on any atom is -0.394 e. The Hall–Kier alpha value is -1.32. The van der Waals surface area contributed by atoms with Gasteiger partial charge >= 0.3 is 0 Å². The largest absolute Gasteiger partial charge is 0.394 e. The molecule has 0 amide bonds. The van der Waals surface area contributed by atoms with Gasteiger partial charge in [0.2, 0.25) is 0 Å². The van der Waals surface area contributed by atoms with Gasteiger partial charge in [-0.05, 0) is 6.92 Å². The Morgan fingerprint density at radius 2 is 0.551 bits per heavy atom. The van der Waals surface area contributed by atoms with Crippen molar-refractivity contribution in [1.29, 1.82) is 0 Å². The second kappa shape index (κ2) is 27.6. The van der Waals surface area contributed by atoms with Gasteiger partial charge in [-0.15, -0.1) is 0 Å². The normalized spacial score (nSPS) is 53.5. The molecule has 7 heterocycles. The van der Waals surface area contributed by atoms with Crippen molar-refractivity contribution in [2.24, 2.45) is 11.8 Å². The topological polar surface area (TPSA) is 525 Å². The van der Waals surface area contributed by atoms with Crippen molar-refractivity contribution in [3.05, 3.63) is 0 Å². The Morgan fingerprint density at radius 1 is 0.256 bits per heavy atom. The highest BCUT2D eigenvalue weighted by atomic mass is 16.8. The molecule has 7 saturated heterocycles. The van der Waals surface area contributed by atoms with Crippen molar-refractivity contribution >= 4 is 0 Å². The van der Waals surface area contributed by atoms with E-state index < -0.39 is 261 Å². The van der Waals surface area contributed by atoms with Crippen molar-refractivity contribution < 1.29 is 164 Å². The fourth-order valence-electron chi connectivity index (χ4n) is 10.3. The molecular formula is C45H78O33. The summed E-state index contributed by atoms with van der Waals surface area (Å²) in [4.78, 5) is 0. The first kappa shape index (κ1) is 64.2. The number of hydrogen-bond acceptors (Lipinski definition) is 33. The number of hydrogen-bond donors (Lipinski definition) is 20. The second-order valence-electron chi connectivity index (χ2n) is 20.7. The van der Waals surface area contributed by atoms with E-state index >= 15 is 0 Å². The van der Waals surface area contributed by atoms with E-state index in [1.807, 2.05) is 0 Å². The zero-order valence-corrected chi connectivity index (χ0v) is 42.4. The molecule has 0 aliphatic carbocycles. The van der Waals surface area contributed by atoms with Crippen LogP contribution in [0.5, 0.6) is 0 Å². The summed E-state index contributed by atoms with van der Waals surface area (Å²) in [5.74, 6) is -1.56. The van der Waals surface area contributed by atoms with Gasteiger partial charge in [0.05, 0.1) is 64.6 Å². The third-order valence-corrected chi connectivity index (χ3v) is 15.6. The Bertz CT molecular complexity index is 1810. The molecule has 16 unspecified atom stereocenters. The molecule has 7 aliphatic rings. The summed E-state index contributed by atoms with van der Waals surface area (Å²) in [6.45, 7) is -1.14. The summed E-state index contributed by atoms with van der Waals surface area (Å²) in [6.07, 6.45) is -58.5. The van der Waals surface area contributed by atoms with Gasteiger partial charge in [0.25, 0.3) is 0 Å². The Labute approximate surface area is 444 Å². The van der Waals surface area contributed by atoms with Crippen molar-refractivity contribution in [1.82, 2.24) is 0 Å². The van der Waals surface area contributed by atoms with Crippen molar-refractivity contribution in [2.45, 2.75) is 223 Å². The van der Waals surface area contributed by atoms with E-state index in [1.54, 1.807) is 13.8 Å². The lowest BCUT2D eigenvalue weighted by atomic mass is 9.88. The minimum atomic E-state index is -2.19. The first-order chi connectivity index (χ1) is 36.9. The van der Waals surface area contributed by atoms with Crippen LogP contribution in [0.15, 0.2) is 0 Å². The average Bonchev–Trinajstić information content (AvgIpc) is 3.46. The van der Waals surface area contributed by atoms with Crippen molar-refractivity contribution in [2.75, 3.05) is 46.2 Å². The van der Waals surface area contributed by atoms with E-state index in [4.69, 9.17) is 61.6 Å². The summed E-state index contributed by atoms with van der Waals surface area (Å²) in [7, 11) is 0. The highest BCUT2D eigenvalue weighted by molar-refractivity contribution is 5.00. The fraction of sp³-hybridized carbons (Fsp3) is 1.00. The number of aliphatic hydroxyl groups excluding tert-OH is 20. The smallest absolute Gasteiger partial charge is 0.187 e. The van der Waals surface area contributed by atoms with E-state index in [1.165, 1.54) is 6.92 Å². The molecular weight excluding hydrogens is 1070 g/mol. The lowest BCUT2D eigenvalue weighted by molar-refractivity contribution is -0.389. The lowest BCUT2D eigenvalue weighted by Gasteiger charge is -2.50. The predicted octanol–water partition coefficient (Wildman–Crippen LogP) is -12.7. The zero-order chi connectivity index (χ0) is 57.3. The Kier molecular flexibility index (Phi) is 22.7. The predicted molar refractivity (Wildman–Crippen MR) is 242 cm³/mol. The zero-order valence-electron chi connectivity index (χ0n) is 42.4. The summed E-state index contributed by atoms with van der Waals surface area (Å²) in [5, 5.41) is 215. The molecule has 0 aromatic carbocycles. The highest BCUT2D eigenvalue weighted by Crippen LogP contribution is 2.38. The van der Waals surface area contributed by atoms with Gasteiger partial charge in [-0.2, -0.15) is 0 Å². The monoisotopic (exact) mass is 1150 g/mol. The molecule has 7 rings (SSSR count). The van der Waals surface area contributed by atoms with Gasteiger partial charge in [0, 0.05) is 11.8 Å². The van der Waals surface area contributed by atoms with E-state index in [0.717, 1.165) is 0 Å². The van der Waals surface area contributed by atoms with Crippen LogP contribution in [0.3, 0.4) is 0 Å². The first-order valence-corrected chi connectivity index (χ1v) is 25.6. The van der Waals surface area contributed by atoms with E-state index in [2.05, 4.69) is 0 Å². The molecule has 7 aliphatic heterocycles. The highest BCUT2D eigenvalue weighted by Gasteiger charge is 2.57. The standard InChI is InChI=1S/C45H78O33/c1-11-13(3)68-17(7-49)36(21(11)51)75-40-12(2)22(52)37(18(8-50)72-40)76-45-35(65)39(78-44-33(63)30(60)25(55)16(6-48)71-44)27(57)20(74-45)10-67-42-34(64)38(77-43-32(62)29(59)24(54)15(5-47)70-43)26(56)19(73-42)9-66-41-31(61)28(58)23(53)14(4-46)69-41/h11-65H,4-10H2,1-3H3/t11?,12?,13-,14?,15?,16?,17?,18?,19?,20?,21+,22+,23+,24+,25+,26+,27+,28-,29?,30?,31?,32?,33?,34?,35?,36+,37+,38-,39-,40-,41-,42+,43+,44+,45-/m0/s1. The fourth-order valence-corrected chi connectivity index (χ4v) is 10.3. The molecule has 78 heavy (non-hydrogen) atoms. The molecule has 20 N–H and O–H groups in total. The first-order valence-electron chi connectivity index (χ1n) is 25.6. The van der Waals surface area contributed by atoms with Crippen LogP contribution in [0.2, 0.25) is 0 Å². The Balaban J connectivity index is 1.14. The van der Waals surface area contributed by atoms with Gasteiger partial charge in [0.1, 0.15) is 146 Å². The molecule has 33 heteroatoms. The van der Waals surface area contributed by atoms with Crippen LogP contribution in [-0.2, 0) is 61.6 Å². The molecule has 0 saturated carbocycles. The van der Waals surface area contributed by atoms with Crippen molar-refractivity contribution in [3.63, 3.8) is 0 Å². The third-order valence-electron chi connectivity index (χ3n) is 15.6. The third kappa shape index (κ3) is 13.3. The summed E-state index contributed by atoms with van der Waals surface area (Å²) in [5.41, 5.74) is 0. The number of ether oxygens (including phenoxy) is 13. The van der Waals surface area contributed by atoms with Gasteiger partial charge in [0.15, 0.2) is 37.7 Å². The lowest BCUT2D eigenvalue weighted by Crippen LogP contribution is -2.67. The number of rotatable bonds is 19. The maximum atomic E-state index is 11.9. The van der Waals surface area contributed by atoms with Crippen molar-refractivity contribution in [3.8, 4) is 0 Å². The maximum absolute atomic E-state index is 11.9. The molecule has 0 aromatic heterocycles. The van der Waals surface area contributed by atoms with Crippen LogP contribution in [0.1, 0.15) is 20.8 Å². The van der Waals surface area contributed by atoms with Crippen LogP contribution in [-0.4, -0.2) is 351 Å². The quantitative estimate of drug-likeness (QED) is 0.0571. The van der Waals surface area contributed by atoms with Crippen LogP contribution in [0.25, 0.3) is 0 Å². The van der Waals surface area contributed by atoms with E-state index in [-0.39, 0.29) is 0 Å². The van der Waals surface area contributed by atoms with Gasteiger partial charge in [-0.3, -0.25) is 0 Å². The molecule has 35 atom stereocenters. The minimum absolute atomic E-state index is 0.479. The summed E-state index contributed by atoms with van der Waals surface area (Å²) >= 11 is 0. The molecule has 33 nitrogen and oxygen atoms in total. The van der Waals surface area contributed by atoms with Crippen LogP contribution >= 0.6 is 0 Å². The van der Waals surface area contributed by atoms with Gasteiger partial charge < -0.3 is 164 Å². The number of aliphatic hydroxyl groups is 20. The van der Waals surface area contributed by atoms with Gasteiger partial charge in [-0.25, -0.2) is 0 Å². The van der Waals surface area contributed by atoms with E-state index in [0.29, 0.717) is 0 Å². The SMILES string of the molecule is CC1[C@H](O[C@@H]2C(CO)O[C@@H](C)C(C)[C@H]2O)OC(CO)[C@@H](O[C@@H]2OC(CO[C@@H]3OC(CO[C@H]4OC(CO)[C@@H](O)[C@H](O)C4O)[C@@H](O)[C@H](O[C@H]4OC(CO)[C@@H](O)C(O)C4O)C3O)[C@@H](O)[C@H](O[C@H]3OC(CO)[C@@H](O)C(O)C3O)C2O)[C@@H]1O. The molecule has 7 fully saturated rings. The average molecular weight is 1150 g/mol. The molecule has 0 spiro atoms. The van der Waals surface area contributed by atoms with E-state index in [9.17, 15) is 102 Å². The maximum Gasteiger partial charge on any atom is 0.187 e. The molecule has 0 radical (unpaired) electrons. The summed E-state index contributed by atoms with van der Waals surface area (Å²) < 4.78 is 75.2. The molecule has 0 bridgehead atoms. The molecule has 0 aromatic rings. The Morgan fingerprint density at radius 3 is 0.987 bits per heavy atom.